The molecule has 0 aliphatic carbocycles. The van der Waals surface area contributed by atoms with E-state index in [0.29, 0.717) is 23.0 Å². The van der Waals surface area contributed by atoms with Gasteiger partial charge in [-0.05, 0) is 36.8 Å². The molecular formula is C21H15BrN4O3. The number of nitrogens with zero attached hydrogens (tertiary/aromatic N) is 3. The minimum absolute atomic E-state index is 0.0617. The summed E-state index contributed by atoms with van der Waals surface area (Å²) in [6.07, 6.45) is 0. The lowest BCUT2D eigenvalue weighted by atomic mass is 9.84. The second-order valence-corrected chi connectivity index (χ2v) is 7.56. The van der Waals surface area contributed by atoms with Gasteiger partial charge in [0.1, 0.15) is 11.6 Å². The standard InChI is InChI=1S/C21H15BrN4O3/c1-11-18-19(13-7-16-17(8-15(13)22)28-10-27-16)14(9-23)20(24)29-21(18)26(25-11)12-5-3-2-4-6-12/h2-8,19H,10,24H2,1H3. The molecule has 1 unspecified atom stereocenters. The smallest absolute Gasteiger partial charge is 0.231 e. The fourth-order valence-corrected chi connectivity index (χ4v) is 4.27. The van der Waals surface area contributed by atoms with Crippen LogP contribution in [-0.4, -0.2) is 16.6 Å². The highest BCUT2D eigenvalue weighted by Gasteiger charge is 2.38. The van der Waals surface area contributed by atoms with Crippen molar-refractivity contribution in [3.05, 3.63) is 75.2 Å². The SMILES string of the molecule is Cc1nn(-c2ccccc2)c2c1C(c1cc3c(cc1Br)OCO3)C(C#N)=C(N)O2. The predicted octanol–water partition coefficient (Wildman–Crippen LogP) is 3.89. The van der Waals surface area contributed by atoms with Gasteiger partial charge in [-0.25, -0.2) is 4.68 Å². The van der Waals surface area contributed by atoms with Gasteiger partial charge in [-0.2, -0.15) is 10.4 Å². The van der Waals surface area contributed by atoms with E-state index in [2.05, 4.69) is 27.1 Å². The molecule has 1 atom stereocenters. The Hall–Kier alpha value is -3.44. The largest absolute Gasteiger partial charge is 0.454 e. The van der Waals surface area contributed by atoms with Gasteiger partial charge >= 0.3 is 0 Å². The lowest BCUT2D eigenvalue weighted by Crippen LogP contribution is -2.22. The van der Waals surface area contributed by atoms with Crippen molar-refractivity contribution in [1.29, 1.82) is 5.26 Å². The van der Waals surface area contributed by atoms with Crippen molar-refractivity contribution in [3.63, 3.8) is 0 Å². The zero-order valence-corrected chi connectivity index (χ0v) is 16.9. The summed E-state index contributed by atoms with van der Waals surface area (Å²) >= 11 is 3.61. The number of aromatic nitrogens is 2. The van der Waals surface area contributed by atoms with Crippen molar-refractivity contribution in [2.75, 3.05) is 6.79 Å². The van der Waals surface area contributed by atoms with Crippen molar-refractivity contribution in [2.24, 2.45) is 5.73 Å². The van der Waals surface area contributed by atoms with Gasteiger partial charge in [0.05, 0.1) is 22.9 Å². The molecule has 0 spiro atoms. The van der Waals surface area contributed by atoms with E-state index in [9.17, 15) is 5.26 Å². The number of hydrogen-bond acceptors (Lipinski definition) is 6. The highest BCUT2D eigenvalue weighted by Crippen LogP contribution is 2.49. The van der Waals surface area contributed by atoms with Gasteiger partial charge < -0.3 is 19.9 Å². The number of fused-ring (bicyclic) bond motifs is 2. The summed E-state index contributed by atoms with van der Waals surface area (Å²) in [5.41, 5.74) is 9.71. The Morgan fingerprint density at radius 2 is 1.93 bits per heavy atom. The number of rotatable bonds is 2. The average Bonchev–Trinajstić information content (AvgIpc) is 3.31. The van der Waals surface area contributed by atoms with Crippen molar-refractivity contribution >= 4 is 15.9 Å². The Balaban J connectivity index is 1.75. The van der Waals surface area contributed by atoms with Gasteiger partial charge in [0.25, 0.3) is 0 Å². The van der Waals surface area contributed by atoms with Crippen LogP contribution in [0.4, 0.5) is 0 Å². The van der Waals surface area contributed by atoms with Crippen molar-refractivity contribution < 1.29 is 14.2 Å². The number of nitrogens with two attached hydrogens (primary N) is 1. The zero-order valence-electron chi connectivity index (χ0n) is 15.3. The highest BCUT2D eigenvalue weighted by atomic mass is 79.9. The van der Waals surface area contributed by atoms with Gasteiger partial charge in [-0.15, -0.1) is 0 Å². The summed E-state index contributed by atoms with van der Waals surface area (Å²) < 4.78 is 19.4. The molecular weight excluding hydrogens is 436 g/mol. The van der Waals surface area contributed by atoms with E-state index in [1.54, 1.807) is 4.68 Å². The van der Waals surface area contributed by atoms with E-state index in [1.165, 1.54) is 0 Å². The van der Waals surface area contributed by atoms with Crippen molar-refractivity contribution in [3.8, 4) is 29.1 Å². The van der Waals surface area contributed by atoms with Gasteiger partial charge in [-0.3, -0.25) is 0 Å². The number of hydrogen-bond donors (Lipinski definition) is 1. The maximum absolute atomic E-state index is 9.85. The van der Waals surface area contributed by atoms with Gasteiger partial charge in [0.15, 0.2) is 11.5 Å². The normalized spacial score (nSPS) is 16.9. The molecule has 3 aromatic rings. The molecule has 7 nitrogen and oxygen atoms in total. The minimum atomic E-state index is -0.454. The van der Waals surface area contributed by atoms with Crippen LogP contribution < -0.4 is 19.9 Å². The first kappa shape index (κ1) is 17.6. The number of allylic oxidation sites excluding steroid dienone is 1. The number of ether oxygens (including phenoxy) is 3. The molecule has 8 heteroatoms. The van der Waals surface area contributed by atoms with E-state index < -0.39 is 5.92 Å². The fraction of sp³-hybridized carbons (Fsp3) is 0.143. The summed E-state index contributed by atoms with van der Waals surface area (Å²) in [5, 5.41) is 14.5. The Bertz CT molecular complexity index is 1210. The molecule has 0 bridgehead atoms. The van der Waals surface area contributed by atoms with Crippen molar-refractivity contribution in [2.45, 2.75) is 12.8 Å². The summed E-state index contributed by atoms with van der Waals surface area (Å²) in [5.74, 6) is 1.39. The number of benzene rings is 2. The van der Waals surface area contributed by atoms with Crippen LogP contribution in [0.15, 0.2) is 58.4 Å². The second kappa shape index (κ2) is 6.57. The molecule has 0 saturated carbocycles. The number of halogens is 1. The lowest BCUT2D eigenvalue weighted by molar-refractivity contribution is 0.174. The Morgan fingerprint density at radius 3 is 2.66 bits per heavy atom. The summed E-state index contributed by atoms with van der Waals surface area (Å²) in [6.45, 7) is 2.06. The van der Waals surface area contributed by atoms with Gasteiger partial charge in [-0.1, -0.05) is 34.1 Å². The summed E-state index contributed by atoms with van der Waals surface area (Å²) in [7, 11) is 0. The molecule has 0 radical (unpaired) electrons. The maximum Gasteiger partial charge on any atom is 0.231 e. The topological polar surface area (TPSA) is 95.3 Å². The van der Waals surface area contributed by atoms with E-state index in [4.69, 9.17) is 19.9 Å². The highest BCUT2D eigenvalue weighted by molar-refractivity contribution is 9.10. The van der Waals surface area contributed by atoms with Gasteiger partial charge in [0.2, 0.25) is 18.6 Å². The molecule has 2 N–H and O–H groups in total. The van der Waals surface area contributed by atoms with Crippen LogP contribution in [0.2, 0.25) is 0 Å². The first-order valence-corrected chi connectivity index (χ1v) is 9.69. The summed E-state index contributed by atoms with van der Waals surface area (Å²) in [4.78, 5) is 0. The number of para-hydroxylation sites is 1. The first-order chi connectivity index (χ1) is 14.1. The van der Waals surface area contributed by atoms with E-state index in [1.807, 2.05) is 49.4 Å². The van der Waals surface area contributed by atoms with Crippen LogP contribution in [-0.2, 0) is 0 Å². The van der Waals surface area contributed by atoms with Crippen LogP contribution in [0.3, 0.4) is 0 Å². The predicted molar refractivity (Wildman–Crippen MR) is 108 cm³/mol. The summed E-state index contributed by atoms with van der Waals surface area (Å²) in [6, 6.07) is 15.6. The molecule has 2 aliphatic rings. The Labute approximate surface area is 175 Å². The Morgan fingerprint density at radius 1 is 1.21 bits per heavy atom. The minimum Gasteiger partial charge on any atom is -0.454 e. The molecule has 2 aromatic carbocycles. The quantitative estimate of drug-likeness (QED) is 0.635. The average molecular weight is 451 g/mol. The van der Waals surface area contributed by atoms with Crippen molar-refractivity contribution in [1.82, 2.24) is 9.78 Å². The molecule has 144 valence electrons. The van der Waals surface area contributed by atoms with E-state index in [0.717, 1.165) is 27.0 Å². The fourth-order valence-electron chi connectivity index (χ4n) is 3.72. The first-order valence-electron chi connectivity index (χ1n) is 8.90. The van der Waals surface area contributed by atoms with Gasteiger partial charge in [0, 0.05) is 4.47 Å². The van der Waals surface area contributed by atoms with Crippen LogP contribution in [0.5, 0.6) is 17.4 Å². The third-order valence-electron chi connectivity index (χ3n) is 5.04. The number of aryl methyl sites for hydroxylation is 1. The zero-order chi connectivity index (χ0) is 20.1. The third kappa shape index (κ3) is 2.66. The van der Waals surface area contributed by atoms with Crippen LogP contribution >= 0.6 is 15.9 Å². The number of nitriles is 1. The molecule has 1 aromatic heterocycles. The molecule has 5 rings (SSSR count). The third-order valence-corrected chi connectivity index (χ3v) is 5.72. The monoisotopic (exact) mass is 450 g/mol. The maximum atomic E-state index is 9.85. The molecule has 0 amide bonds. The van der Waals surface area contributed by atoms with Crippen LogP contribution in [0, 0.1) is 18.3 Å². The second-order valence-electron chi connectivity index (χ2n) is 6.70. The molecule has 2 aliphatic heterocycles. The van der Waals surface area contributed by atoms with Crippen LogP contribution in [0.25, 0.3) is 5.69 Å². The van der Waals surface area contributed by atoms with Crippen LogP contribution in [0.1, 0.15) is 22.7 Å². The van der Waals surface area contributed by atoms with E-state index in [-0.39, 0.29) is 12.7 Å². The molecule has 0 saturated heterocycles. The van der Waals surface area contributed by atoms with E-state index >= 15 is 0 Å². The Kier molecular flexibility index (Phi) is 4.00. The lowest BCUT2D eigenvalue weighted by Gasteiger charge is -2.25. The molecule has 3 heterocycles. The molecule has 29 heavy (non-hydrogen) atoms. The molecule has 0 fully saturated rings.